The fraction of sp³-hybridized carbons (Fsp3) is 1.00. The largest absolute Gasteiger partial charge is 0.330 e. The van der Waals surface area contributed by atoms with Crippen LogP contribution in [0.15, 0.2) is 0 Å². The van der Waals surface area contributed by atoms with Gasteiger partial charge in [-0.1, -0.05) is 212 Å². The van der Waals surface area contributed by atoms with Crippen molar-refractivity contribution in [1.82, 2.24) is 5.32 Å². The van der Waals surface area contributed by atoms with Crippen LogP contribution in [0.1, 0.15) is 225 Å². The molecule has 0 spiro atoms. The molecule has 0 radical (unpaired) electrons. The summed E-state index contributed by atoms with van der Waals surface area (Å²) in [5.74, 6) is 0. The number of nitrogens with two attached hydrogens (primary N) is 1. The second kappa shape index (κ2) is 38.9. The van der Waals surface area contributed by atoms with E-state index in [4.69, 9.17) is 5.73 Å². The third kappa shape index (κ3) is 37.9. The van der Waals surface area contributed by atoms with E-state index in [0.717, 1.165) is 19.5 Å². The molecule has 0 bridgehead atoms. The molecule has 0 aliphatic heterocycles. The molecule has 0 saturated heterocycles. The van der Waals surface area contributed by atoms with Crippen molar-refractivity contribution in [1.29, 1.82) is 0 Å². The summed E-state index contributed by atoms with van der Waals surface area (Å²) in [6, 6.07) is 0. The van der Waals surface area contributed by atoms with Gasteiger partial charge in [0.05, 0.1) is 0 Å². The summed E-state index contributed by atoms with van der Waals surface area (Å²) in [4.78, 5) is 0. The highest BCUT2D eigenvalue weighted by Gasteiger charge is 1.97. The summed E-state index contributed by atoms with van der Waals surface area (Å²) in [6.45, 7) is 5.39. The van der Waals surface area contributed by atoms with Crippen LogP contribution in [-0.2, 0) is 0 Å². The van der Waals surface area contributed by atoms with E-state index in [0.29, 0.717) is 0 Å². The van der Waals surface area contributed by atoms with E-state index in [1.54, 1.807) is 0 Å². The zero-order valence-electron chi connectivity index (χ0n) is 28.2. The third-order valence-electron chi connectivity index (χ3n) is 9.01. The fourth-order valence-electron chi connectivity index (χ4n) is 6.16. The summed E-state index contributed by atoms with van der Waals surface area (Å²) in [5.41, 5.74) is 5.51. The summed E-state index contributed by atoms with van der Waals surface area (Å²) >= 11 is 0. The summed E-state index contributed by atoms with van der Waals surface area (Å²) in [6.07, 6.45) is 49.6. The van der Waals surface area contributed by atoms with Gasteiger partial charge in [0.15, 0.2) is 0 Å². The number of rotatable bonds is 37. The Labute approximate surface area is 255 Å². The molecule has 40 heavy (non-hydrogen) atoms. The average molecular weight is 565 g/mol. The van der Waals surface area contributed by atoms with Gasteiger partial charge in [-0.05, 0) is 32.5 Å². The third-order valence-corrected chi connectivity index (χ3v) is 9.01. The number of hydrogen-bond acceptors (Lipinski definition) is 2. The first-order valence-electron chi connectivity index (χ1n) is 19.3. The Morgan fingerprint density at radius 2 is 0.475 bits per heavy atom. The molecule has 0 atom stereocenters. The van der Waals surface area contributed by atoms with Gasteiger partial charge < -0.3 is 11.1 Å². The summed E-state index contributed by atoms with van der Waals surface area (Å²) < 4.78 is 0. The Hall–Kier alpha value is -0.0800. The molecule has 0 unspecified atom stereocenters. The van der Waals surface area contributed by atoms with Crippen LogP contribution in [-0.4, -0.2) is 19.6 Å². The first-order valence-corrected chi connectivity index (χ1v) is 19.3. The molecular weight excluding hydrogens is 484 g/mol. The van der Waals surface area contributed by atoms with E-state index in [1.165, 1.54) is 218 Å². The lowest BCUT2D eigenvalue weighted by Gasteiger charge is -2.05. The van der Waals surface area contributed by atoms with Gasteiger partial charge in [0.1, 0.15) is 0 Å². The van der Waals surface area contributed by atoms with Gasteiger partial charge in [0.25, 0.3) is 0 Å². The minimum Gasteiger partial charge on any atom is -0.330 e. The molecule has 0 aliphatic carbocycles. The van der Waals surface area contributed by atoms with Gasteiger partial charge in [-0.25, -0.2) is 0 Å². The molecule has 0 aromatic heterocycles. The first kappa shape index (κ1) is 39.9. The zero-order valence-corrected chi connectivity index (χ0v) is 28.2. The molecule has 0 heterocycles. The minimum absolute atomic E-state index is 0.812. The Morgan fingerprint density at radius 1 is 0.275 bits per heavy atom. The van der Waals surface area contributed by atoms with E-state index in [-0.39, 0.29) is 0 Å². The lowest BCUT2D eigenvalue weighted by atomic mass is 10.0. The standard InChI is InChI=1S/C38H80N2/c1-2-3-4-5-6-7-8-9-10-11-12-13-14-15-16-17-18-19-20-21-22-23-24-25-26-27-28-29-30-31-32-33-34-37-40-38-35-36-39/h40H,2-39H2,1H3. The van der Waals surface area contributed by atoms with Crippen molar-refractivity contribution in [3.05, 3.63) is 0 Å². The Kier molecular flexibility index (Phi) is 38.8. The highest BCUT2D eigenvalue weighted by molar-refractivity contribution is 4.54. The van der Waals surface area contributed by atoms with E-state index in [1.807, 2.05) is 0 Å². The zero-order chi connectivity index (χ0) is 28.9. The Morgan fingerprint density at radius 3 is 0.700 bits per heavy atom. The van der Waals surface area contributed by atoms with E-state index in [9.17, 15) is 0 Å². The van der Waals surface area contributed by atoms with Crippen molar-refractivity contribution < 1.29 is 0 Å². The molecule has 0 aliphatic rings. The molecule has 0 fully saturated rings. The van der Waals surface area contributed by atoms with Crippen LogP contribution in [0.3, 0.4) is 0 Å². The van der Waals surface area contributed by atoms with Crippen molar-refractivity contribution in [3.63, 3.8) is 0 Å². The predicted octanol–water partition coefficient (Wildman–Crippen LogP) is 12.8. The van der Waals surface area contributed by atoms with Gasteiger partial charge in [0, 0.05) is 0 Å². The number of nitrogens with one attached hydrogen (secondary N) is 1. The highest BCUT2D eigenvalue weighted by Crippen LogP contribution is 2.16. The van der Waals surface area contributed by atoms with Crippen LogP contribution < -0.4 is 11.1 Å². The second-order valence-electron chi connectivity index (χ2n) is 13.2. The normalized spacial score (nSPS) is 11.6. The van der Waals surface area contributed by atoms with E-state index >= 15 is 0 Å². The fourth-order valence-corrected chi connectivity index (χ4v) is 6.16. The Bertz CT molecular complexity index is 372. The highest BCUT2D eigenvalue weighted by atomic mass is 14.8. The lowest BCUT2D eigenvalue weighted by molar-refractivity contribution is 0.511. The molecule has 0 saturated carbocycles. The first-order chi connectivity index (χ1) is 19.9. The van der Waals surface area contributed by atoms with Crippen LogP contribution in [0, 0.1) is 0 Å². The monoisotopic (exact) mass is 565 g/mol. The molecule has 2 nitrogen and oxygen atoms in total. The second-order valence-corrected chi connectivity index (χ2v) is 13.2. The maximum absolute atomic E-state index is 5.51. The van der Waals surface area contributed by atoms with Crippen LogP contribution in [0.5, 0.6) is 0 Å². The molecule has 0 aromatic rings. The predicted molar refractivity (Wildman–Crippen MR) is 185 cm³/mol. The van der Waals surface area contributed by atoms with Gasteiger partial charge >= 0.3 is 0 Å². The number of unbranched alkanes of at least 4 members (excludes halogenated alkanes) is 32. The van der Waals surface area contributed by atoms with Crippen molar-refractivity contribution in [3.8, 4) is 0 Å². The molecular formula is C38H80N2. The maximum Gasteiger partial charge on any atom is -0.00369 e. The van der Waals surface area contributed by atoms with Gasteiger partial charge in [-0.2, -0.15) is 0 Å². The van der Waals surface area contributed by atoms with E-state index in [2.05, 4.69) is 12.2 Å². The van der Waals surface area contributed by atoms with Crippen LogP contribution in [0.4, 0.5) is 0 Å². The SMILES string of the molecule is CCCCCCCCCCCCCCCCCCCCCCCCCCCCCCCCCCCNCCCN. The molecule has 242 valence electrons. The molecule has 2 heteroatoms. The lowest BCUT2D eigenvalue weighted by Crippen LogP contribution is -2.19. The minimum atomic E-state index is 0.812. The van der Waals surface area contributed by atoms with Crippen LogP contribution in [0.2, 0.25) is 0 Å². The van der Waals surface area contributed by atoms with Crippen molar-refractivity contribution in [2.75, 3.05) is 19.6 Å². The Balaban J connectivity index is 3.01. The topological polar surface area (TPSA) is 38.0 Å². The van der Waals surface area contributed by atoms with Crippen molar-refractivity contribution >= 4 is 0 Å². The maximum atomic E-state index is 5.51. The van der Waals surface area contributed by atoms with Crippen molar-refractivity contribution in [2.45, 2.75) is 225 Å². The van der Waals surface area contributed by atoms with Gasteiger partial charge in [-0.3, -0.25) is 0 Å². The average Bonchev–Trinajstić information content (AvgIpc) is 2.97. The number of hydrogen-bond donors (Lipinski definition) is 2. The van der Waals surface area contributed by atoms with Gasteiger partial charge in [-0.15, -0.1) is 0 Å². The smallest absolute Gasteiger partial charge is 0.00369 e. The quantitative estimate of drug-likeness (QED) is 0.0736. The van der Waals surface area contributed by atoms with Crippen LogP contribution >= 0.6 is 0 Å². The van der Waals surface area contributed by atoms with E-state index < -0.39 is 0 Å². The molecule has 0 rings (SSSR count). The van der Waals surface area contributed by atoms with Crippen LogP contribution in [0.25, 0.3) is 0 Å². The summed E-state index contributed by atoms with van der Waals surface area (Å²) in [7, 11) is 0. The molecule has 0 amide bonds. The van der Waals surface area contributed by atoms with Gasteiger partial charge in [0.2, 0.25) is 0 Å². The molecule has 3 N–H and O–H groups in total. The molecule has 0 aromatic carbocycles. The summed E-state index contributed by atoms with van der Waals surface area (Å²) in [5, 5.41) is 3.48. The van der Waals surface area contributed by atoms with Crippen molar-refractivity contribution in [2.24, 2.45) is 5.73 Å².